The number of hydrogen-bond acceptors (Lipinski definition) is 8. The molecule has 0 aliphatic carbocycles. The number of nitrogens with two attached hydrogens (primary N) is 1. The smallest absolute Gasteiger partial charge is 0.245 e. The summed E-state index contributed by atoms with van der Waals surface area (Å²) in [7, 11) is 4.82. The Morgan fingerprint density at radius 1 is 0.946 bits per heavy atom. The van der Waals surface area contributed by atoms with Crippen LogP contribution in [-0.2, 0) is 39.9 Å². The summed E-state index contributed by atoms with van der Waals surface area (Å²) in [5, 5.41) is 9.87. The monoisotopic (exact) mass is 784 g/mol. The molecule has 8 unspecified atom stereocenters. The summed E-state index contributed by atoms with van der Waals surface area (Å²) in [5.74, 6) is -2.58. The third-order valence-corrected chi connectivity index (χ3v) is 11.7. The van der Waals surface area contributed by atoms with Crippen molar-refractivity contribution < 1.29 is 33.4 Å². The third-order valence-electron chi connectivity index (χ3n) is 11.7. The lowest BCUT2D eigenvalue weighted by atomic mass is 9.89. The van der Waals surface area contributed by atoms with E-state index in [1.54, 1.807) is 30.9 Å². The molecule has 0 bridgehead atoms. The highest BCUT2D eigenvalue weighted by molar-refractivity contribution is 5.91. The number of para-hydroxylation sites is 1. The van der Waals surface area contributed by atoms with Crippen LogP contribution in [-0.4, -0.2) is 121 Å². The SMILES string of the molecule is CCC(C)C(C(CC(=O)N1CCC[C@H]1C(OC)C(C)C(=O)NC(Cc1c[nH]c2ccccc12)C(N)=O)OC)N(CC)C(=O)C(NC(=O)C(NC)C(C)C)C(C)C. The Hall–Kier alpha value is -4.01. The molecule has 0 radical (unpaired) electrons. The van der Waals surface area contributed by atoms with Gasteiger partial charge in [-0.2, -0.15) is 0 Å². The van der Waals surface area contributed by atoms with Gasteiger partial charge >= 0.3 is 0 Å². The molecule has 56 heavy (non-hydrogen) atoms. The first-order valence-electron chi connectivity index (χ1n) is 20.3. The maximum absolute atomic E-state index is 14.4. The first-order valence-corrected chi connectivity index (χ1v) is 20.3. The Balaban J connectivity index is 1.80. The van der Waals surface area contributed by atoms with Crippen LogP contribution in [0.15, 0.2) is 30.5 Å². The summed E-state index contributed by atoms with van der Waals surface area (Å²) >= 11 is 0. The van der Waals surface area contributed by atoms with Crippen LogP contribution in [0.3, 0.4) is 0 Å². The van der Waals surface area contributed by atoms with Gasteiger partial charge in [-0.1, -0.05) is 73.1 Å². The largest absolute Gasteiger partial charge is 0.379 e. The third kappa shape index (κ3) is 11.1. The number of primary amides is 1. The Morgan fingerprint density at radius 3 is 2.16 bits per heavy atom. The highest BCUT2D eigenvalue weighted by atomic mass is 16.5. The van der Waals surface area contributed by atoms with Crippen LogP contribution in [0.2, 0.25) is 0 Å². The minimum absolute atomic E-state index is 0.00501. The molecule has 0 saturated carbocycles. The highest BCUT2D eigenvalue weighted by Crippen LogP contribution is 2.30. The van der Waals surface area contributed by atoms with Crippen LogP contribution in [0.1, 0.15) is 86.6 Å². The molecule has 0 spiro atoms. The number of ether oxygens (including phenoxy) is 2. The second-order valence-corrected chi connectivity index (χ2v) is 16.0. The number of benzene rings is 1. The summed E-state index contributed by atoms with van der Waals surface area (Å²) in [6.45, 7) is 16.3. The first kappa shape index (κ1) is 46.4. The zero-order chi connectivity index (χ0) is 41.9. The van der Waals surface area contributed by atoms with Crippen molar-refractivity contribution >= 4 is 40.4 Å². The number of likely N-dealkylation sites (N-methyl/N-ethyl adjacent to an activating group) is 2. The van der Waals surface area contributed by atoms with Crippen LogP contribution in [0.5, 0.6) is 0 Å². The molecule has 14 nitrogen and oxygen atoms in total. The maximum atomic E-state index is 14.4. The van der Waals surface area contributed by atoms with Gasteiger partial charge in [0.1, 0.15) is 12.1 Å². The molecular formula is C42H69N7O7. The number of fused-ring (bicyclic) bond motifs is 1. The van der Waals surface area contributed by atoms with Crippen LogP contribution in [0, 0.1) is 23.7 Å². The molecule has 3 rings (SSSR count). The Kier molecular flexibility index (Phi) is 17.8. The lowest BCUT2D eigenvalue weighted by Gasteiger charge is -2.42. The summed E-state index contributed by atoms with van der Waals surface area (Å²) in [4.78, 5) is 75.0. The molecule has 9 atom stereocenters. The quantitative estimate of drug-likeness (QED) is 0.120. The van der Waals surface area contributed by atoms with Crippen LogP contribution < -0.4 is 21.7 Å². The minimum atomic E-state index is -0.948. The number of carbonyl (C=O) groups excluding carboxylic acids is 5. The number of rotatable bonds is 22. The molecule has 2 heterocycles. The Labute approximate surface area is 333 Å². The van der Waals surface area contributed by atoms with E-state index in [1.165, 1.54) is 7.11 Å². The van der Waals surface area contributed by atoms with E-state index in [-0.39, 0.29) is 48.3 Å². The van der Waals surface area contributed by atoms with Gasteiger partial charge in [0.25, 0.3) is 0 Å². The molecule has 1 saturated heterocycles. The number of hydrogen-bond donors (Lipinski definition) is 5. The summed E-state index contributed by atoms with van der Waals surface area (Å²) in [5.41, 5.74) is 7.56. The molecule has 5 amide bonds. The molecule has 6 N–H and O–H groups in total. The van der Waals surface area contributed by atoms with Crippen molar-refractivity contribution in [2.45, 2.75) is 130 Å². The average molecular weight is 784 g/mol. The van der Waals surface area contributed by atoms with Gasteiger partial charge in [0.2, 0.25) is 29.5 Å². The van der Waals surface area contributed by atoms with Gasteiger partial charge in [-0.25, -0.2) is 0 Å². The van der Waals surface area contributed by atoms with Crippen LogP contribution in [0.25, 0.3) is 10.9 Å². The van der Waals surface area contributed by atoms with Crippen molar-refractivity contribution in [2.24, 2.45) is 29.4 Å². The minimum Gasteiger partial charge on any atom is -0.379 e. The van der Waals surface area contributed by atoms with Crippen molar-refractivity contribution in [3.05, 3.63) is 36.0 Å². The number of likely N-dealkylation sites (tertiary alicyclic amines) is 1. The molecule has 1 aliphatic rings. The van der Waals surface area contributed by atoms with E-state index in [9.17, 15) is 24.0 Å². The van der Waals surface area contributed by atoms with Crippen molar-refractivity contribution in [3.8, 4) is 0 Å². The van der Waals surface area contributed by atoms with Crippen molar-refractivity contribution in [1.82, 2.24) is 30.7 Å². The fourth-order valence-corrected chi connectivity index (χ4v) is 8.30. The van der Waals surface area contributed by atoms with Crippen LogP contribution in [0.4, 0.5) is 0 Å². The second-order valence-electron chi connectivity index (χ2n) is 16.0. The van der Waals surface area contributed by atoms with Crippen molar-refractivity contribution in [2.75, 3.05) is 34.4 Å². The molecule has 1 aromatic heterocycles. The molecule has 314 valence electrons. The van der Waals surface area contributed by atoms with E-state index >= 15 is 0 Å². The van der Waals surface area contributed by atoms with E-state index in [4.69, 9.17) is 15.2 Å². The zero-order valence-electron chi connectivity index (χ0n) is 35.5. The van der Waals surface area contributed by atoms with E-state index in [0.29, 0.717) is 19.5 Å². The molecule has 1 aromatic carbocycles. The summed E-state index contributed by atoms with van der Waals surface area (Å²) < 4.78 is 12.0. The fraction of sp³-hybridized carbons (Fsp3) is 0.690. The zero-order valence-corrected chi connectivity index (χ0v) is 35.5. The van der Waals surface area contributed by atoms with Crippen molar-refractivity contribution in [1.29, 1.82) is 0 Å². The van der Waals surface area contributed by atoms with E-state index < -0.39 is 60.1 Å². The standard InChI is InChI=1S/C42H69N7O7/c1-12-26(7)37(48(13-2)42(54)36(25(5)6)47-41(53)35(44-9)24(3)4)33(55-10)22-34(50)49-20-16-19-32(49)38(56-11)27(8)40(52)46-31(39(43)51)21-28-23-45-30-18-15-14-17-29(28)30/h14-15,17-18,23-27,31-33,35-38,44-45H,12-13,16,19-22H2,1-11H3,(H2,43,51)(H,46,52)(H,47,53)/t26?,27?,31?,32-,33?,35?,36?,37?,38?/m0/s1. The predicted octanol–water partition coefficient (Wildman–Crippen LogP) is 3.38. The predicted molar refractivity (Wildman–Crippen MR) is 218 cm³/mol. The summed E-state index contributed by atoms with van der Waals surface area (Å²) in [6, 6.07) is 4.68. The lowest BCUT2D eigenvalue weighted by molar-refractivity contribution is -0.149. The Bertz CT molecular complexity index is 1610. The van der Waals surface area contributed by atoms with E-state index in [1.807, 2.05) is 78.9 Å². The molecule has 1 fully saturated rings. The molecule has 2 aromatic rings. The number of carbonyl (C=O) groups is 5. The maximum Gasteiger partial charge on any atom is 0.245 e. The molecule has 1 aliphatic heterocycles. The number of nitrogens with one attached hydrogen (secondary N) is 4. The second kappa shape index (κ2) is 21.5. The van der Waals surface area contributed by atoms with E-state index in [0.717, 1.165) is 29.3 Å². The van der Waals surface area contributed by atoms with Crippen LogP contribution >= 0.6 is 0 Å². The number of amides is 5. The van der Waals surface area contributed by atoms with Gasteiger partial charge in [-0.3, -0.25) is 24.0 Å². The summed E-state index contributed by atoms with van der Waals surface area (Å²) in [6.07, 6.45) is 2.82. The lowest BCUT2D eigenvalue weighted by Crippen LogP contribution is -2.60. The normalized spacial score (nSPS) is 18.9. The highest BCUT2D eigenvalue weighted by Gasteiger charge is 2.43. The first-order chi connectivity index (χ1) is 26.6. The van der Waals surface area contributed by atoms with Gasteiger partial charge in [0.05, 0.1) is 42.7 Å². The van der Waals surface area contributed by atoms with Gasteiger partial charge in [0.15, 0.2) is 0 Å². The number of nitrogens with zero attached hydrogens (tertiary/aromatic N) is 2. The molecule has 14 heteroatoms. The Morgan fingerprint density at radius 2 is 1.61 bits per heavy atom. The fourth-order valence-electron chi connectivity index (χ4n) is 8.30. The number of aromatic nitrogens is 1. The average Bonchev–Trinajstić information content (AvgIpc) is 3.82. The van der Waals surface area contributed by atoms with Gasteiger partial charge in [0, 0.05) is 50.8 Å². The van der Waals surface area contributed by atoms with Gasteiger partial charge in [-0.05, 0) is 56.2 Å². The van der Waals surface area contributed by atoms with E-state index in [2.05, 4.69) is 20.9 Å². The van der Waals surface area contributed by atoms with Crippen molar-refractivity contribution in [3.63, 3.8) is 0 Å². The van der Waals surface area contributed by atoms with Gasteiger partial charge < -0.3 is 45.9 Å². The number of aromatic amines is 1. The molecular weight excluding hydrogens is 715 g/mol. The number of methoxy groups -OCH3 is 2. The van der Waals surface area contributed by atoms with Gasteiger partial charge in [-0.15, -0.1) is 0 Å². The topological polar surface area (TPSA) is 188 Å². The number of H-pyrrole nitrogens is 1.